The molecule has 0 aliphatic carbocycles. The fourth-order valence-electron chi connectivity index (χ4n) is 3.22. The van der Waals surface area contributed by atoms with Crippen LogP contribution in [0.2, 0.25) is 0 Å². The van der Waals surface area contributed by atoms with E-state index in [1.165, 1.54) is 0 Å². The van der Waals surface area contributed by atoms with Crippen molar-refractivity contribution < 1.29 is 19.1 Å². The quantitative estimate of drug-likeness (QED) is 0.849. The molecule has 1 saturated heterocycles. The van der Waals surface area contributed by atoms with E-state index in [-0.39, 0.29) is 17.9 Å². The van der Waals surface area contributed by atoms with Gasteiger partial charge in [-0.05, 0) is 49.2 Å². The van der Waals surface area contributed by atoms with Crippen LogP contribution < -0.4 is 19.7 Å². The predicted molar refractivity (Wildman–Crippen MR) is 103 cm³/mol. The van der Waals surface area contributed by atoms with Gasteiger partial charge >= 0.3 is 0 Å². The topological polar surface area (TPSA) is 67.9 Å². The third kappa shape index (κ3) is 4.05. The Morgan fingerprint density at radius 1 is 1.11 bits per heavy atom. The van der Waals surface area contributed by atoms with Crippen LogP contribution in [0, 0.1) is 0 Å². The van der Waals surface area contributed by atoms with Gasteiger partial charge in [-0.25, -0.2) is 0 Å². The molecule has 0 saturated carbocycles. The summed E-state index contributed by atoms with van der Waals surface area (Å²) in [6.45, 7) is 2.61. The van der Waals surface area contributed by atoms with Crippen LogP contribution in [0.4, 0.5) is 5.69 Å². The lowest BCUT2D eigenvalue weighted by Gasteiger charge is -2.18. The van der Waals surface area contributed by atoms with Crippen molar-refractivity contribution in [1.29, 1.82) is 0 Å². The summed E-state index contributed by atoms with van der Waals surface area (Å²) in [5.74, 6) is 1.17. The maximum Gasteiger partial charge on any atom is 0.251 e. The first-order valence-electron chi connectivity index (χ1n) is 8.96. The third-order valence-electron chi connectivity index (χ3n) is 4.75. The minimum Gasteiger partial charge on any atom is -0.493 e. The molecule has 3 rings (SSSR count). The number of hydrogen-bond acceptors (Lipinski definition) is 4. The Morgan fingerprint density at radius 2 is 1.89 bits per heavy atom. The molecule has 2 amide bonds. The fourth-order valence-corrected chi connectivity index (χ4v) is 3.22. The second-order valence-corrected chi connectivity index (χ2v) is 6.51. The highest BCUT2D eigenvalue weighted by atomic mass is 16.5. The van der Waals surface area contributed by atoms with Crippen molar-refractivity contribution in [1.82, 2.24) is 5.32 Å². The molecule has 0 aromatic heterocycles. The zero-order valence-electron chi connectivity index (χ0n) is 15.8. The van der Waals surface area contributed by atoms with Gasteiger partial charge in [0.1, 0.15) is 0 Å². The number of nitrogens with one attached hydrogen (secondary N) is 1. The number of benzene rings is 2. The summed E-state index contributed by atoms with van der Waals surface area (Å²) in [4.78, 5) is 26.3. The van der Waals surface area contributed by atoms with Crippen molar-refractivity contribution in [3.63, 3.8) is 0 Å². The maximum atomic E-state index is 12.7. The van der Waals surface area contributed by atoms with E-state index in [4.69, 9.17) is 9.47 Å². The molecule has 0 radical (unpaired) electrons. The summed E-state index contributed by atoms with van der Waals surface area (Å²) < 4.78 is 10.6. The molecule has 0 spiro atoms. The van der Waals surface area contributed by atoms with Crippen LogP contribution in [0.1, 0.15) is 41.7 Å². The molecule has 2 aromatic rings. The second-order valence-electron chi connectivity index (χ2n) is 6.51. The molecule has 1 heterocycles. The van der Waals surface area contributed by atoms with E-state index in [1.54, 1.807) is 37.3 Å². The van der Waals surface area contributed by atoms with Gasteiger partial charge in [-0.1, -0.05) is 12.1 Å². The summed E-state index contributed by atoms with van der Waals surface area (Å²) >= 11 is 0. The molecule has 142 valence electrons. The van der Waals surface area contributed by atoms with E-state index in [9.17, 15) is 9.59 Å². The number of amides is 2. The third-order valence-corrected chi connectivity index (χ3v) is 4.75. The number of carbonyl (C=O) groups excluding carboxylic acids is 2. The van der Waals surface area contributed by atoms with E-state index >= 15 is 0 Å². The minimum atomic E-state index is -0.214. The van der Waals surface area contributed by atoms with E-state index < -0.39 is 0 Å². The average Bonchev–Trinajstić information content (AvgIpc) is 3.13. The molecule has 1 atom stereocenters. The van der Waals surface area contributed by atoms with E-state index in [1.807, 2.05) is 31.2 Å². The van der Waals surface area contributed by atoms with Crippen LogP contribution >= 0.6 is 0 Å². The number of methoxy groups -OCH3 is 2. The average molecular weight is 368 g/mol. The Morgan fingerprint density at radius 3 is 2.56 bits per heavy atom. The lowest BCUT2D eigenvalue weighted by Crippen LogP contribution is -2.28. The first kappa shape index (κ1) is 18.8. The molecule has 0 bridgehead atoms. The number of nitrogens with zero attached hydrogens (tertiary/aromatic N) is 1. The van der Waals surface area contributed by atoms with Crippen molar-refractivity contribution in [2.45, 2.75) is 25.8 Å². The standard InChI is InChI=1S/C21H24N2O4/c1-14(15-9-10-18(26-2)19(13-15)27-3)22-21(25)16-6-4-7-17(12-16)23-11-5-8-20(23)24/h4,6-7,9-10,12-14H,5,8,11H2,1-3H3,(H,22,25)/t14-/m0/s1. The predicted octanol–water partition coefficient (Wildman–Crippen LogP) is 3.32. The SMILES string of the molecule is COc1ccc([C@H](C)NC(=O)c2cccc(N3CCCC3=O)c2)cc1OC. The van der Waals surface area contributed by atoms with Crippen LogP contribution in [-0.2, 0) is 4.79 Å². The summed E-state index contributed by atoms with van der Waals surface area (Å²) in [6, 6.07) is 12.5. The Kier molecular flexibility index (Phi) is 5.64. The molecule has 1 aliphatic rings. The largest absolute Gasteiger partial charge is 0.493 e. The van der Waals surface area contributed by atoms with Gasteiger partial charge in [0.2, 0.25) is 5.91 Å². The smallest absolute Gasteiger partial charge is 0.251 e. The summed E-state index contributed by atoms with van der Waals surface area (Å²) in [5.41, 5.74) is 2.20. The highest BCUT2D eigenvalue weighted by Crippen LogP contribution is 2.30. The van der Waals surface area contributed by atoms with Crippen molar-refractivity contribution in [2.24, 2.45) is 0 Å². The Bertz CT molecular complexity index is 850. The van der Waals surface area contributed by atoms with Crippen molar-refractivity contribution in [2.75, 3.05) is 25.7 Å². The first-order chi connectivity index (χ1) is 13.0. The van der Waals surface area contributed by atoms with Crippen molar-refractivity contribution in [3.8, 4) is 11.5 Å². The molecule has 0 unspecified atom stereocenters. The molecular formula is C21H24N2O4. The van der Waals surface area contributed by atoms with Crippen LogP contribution in [0.5, 0.6) is 11.5 Å². The number of hydrogen-bond donors (Lipinski definition) is 1. The molecule has 6 nitrogen and oxygen atoms in total. The van der Waals surface area contributed by atoms with Crippen LogP contribution in [0.3, 0.4) is 0 Å². The van der Waals surface area contributed by atoms with Gasteiger partial charge in [0.05, 0.1) is 20.3 Å². The highest BCUT2D eigenvalue weighted by molar-refractivity contribution is 5.99. The monoisotopic (exact) mass is 368 g/mol. The second kappa shape index (κ2) is 8.12. The Labute approximate surface area is 159 Å². The Balaban J connectivity index is 1.74. The lowest BCUT2D eigenvalue weighted by molar-refractivity contribution is -0.117. The van der Waals surface area contributed by atoms with Gasteiger partial charge < -0.3 is 19.7 Å². The molecule has 1 N–H and O–H groups in total. The minimum absolute atomic E-state index is 0.103. The van der Waals surface area contributed by atoms with Crippen LogP contribution in [-0.4, -0.2) is 32.6 Å². The zero-order valence-corrected chi connectivity index (χ0v) is 15.8. The van der Waals surface area contributed by atoms with Gasteiger partial charge in [0.15, 0.2) is 11.5 Å². The summed E-state index contributed by atoms with van der Waals surface area (Å²) in [7, 11) is 3.16. The molecule has 1 fully saturated rings. The fraction of sp³-hybridized carbons (Fsp3) is 0.333. The number of ether oxygens (including phenoxy) is 2. The summed E-state index contributed by atoms with van der Waals surface area (Å²) in [6.07, 6.45) is 1.42. The lowest BCUT2D eigenvalue weighted by atomic mass is 10.1. The van der Waals surface area contributed by atoms with Gasteiger partial charge in [-0.15, -0.1) is 0 Å². The van der Waals surface area contributed by atoms with Crippen LogP contribution in [0.25, 0.3) is 0 Å². The number of rotatable bonds is 6. The normalized spacial score (nSPS) is 14.8. The summed E-state index contributed by atoms with van der Waals surface area (Å²) in [5, 5.41) is 2.99. The van der Waals surface area contributed by atoms with Crippen LogP contribution in [0.15, 0.2) is 42.5 Å². The molecule has 6 heteroatoms. The van der Waals surface area contributed by atoms with E-state index in [0.29, 0.717) is 30.0 Å². The zero-order chi connectivity index (χ0) is 19.4. The van der Waals surface area contributed by atoms with E-state index in [2.05, 4.69) is 5.32 Å². The molecule has 27 heavy (non-hydrogen) atoms. The number of anilines is 1. The highest BCUT2D eigenvalue weighted by Gasteiger charge is 2.22. The first-order valence-corrected chi connectivity index (χ1v) is 8.96. The Hall–Kier alpha value is -3.02. The van der Waals surface area contributed by atoms with Gasteiger partial charge in [-0.3, -0.25) is 9.59 Å². The van der Waals surface area contributed by atoms with Gasteiger partial charge in [0.25, 0.3) is 5.91 Å². The molecule has 1 aliphatic heterocycles. The maximum absolute atomic E-state index is 12.7. The van der Waals surface area contributed by atoms with Crippen molar-refractivity contribution in [3.05, 3.63) is 53.6 Å². The van der Waals surface area contributed by atoms with Gasteiger partial charge in [-0.2, -0.15) is 0 Å². The molecule has 2 aromatic carbocycles. The molecular weight excluding hydrogens is 344 g/mol. The van der Waals surface area contributed by atoms with Crippen molar-refractivity contribution >= 4 is 17.5 Å². The van der Waals surface area contributed by atoms with Gasteiger partial charge in [0, 0.05) is 24.2 Å². The van der Waals surface area contributed by atoms with E-state index in [0.717, 1.165) is 17.7 Å². The number of carbonyl (C=O) groups is 2.